The number of nitrogens with one attached hydrogen (secondary N) is 2. The van der Waals surface area contributed by atoms with Crippen molar-refractivity contribution in [3.8, 4) is 11.5 Å². The van der Waals surface area contributed by atoms with Crippen molar-refractivity contribution in [2.45, 2.75) is 6.42 Å². The van der Waals surface area contributed by atoms with Crippen molar-refractivity contribution < 1.29 is 14.3 Å². The maximum Gasteiger partial charge on any atom is 0.257 e. The summed E-state index contributed by atoms with van der Waals surface area (Å²) in [6.45, 7) is 0.532. The zero-order valence-electron chi connectivity index (χ0n) is 13.5. The number of carbonyl (C=O) groups is 1. The second-order valence-electron chi connectivity index (χ2n) is 5.40. The molecule has 0 bridgehead atoms. The van der Waals surface area contributed by atoms with Crippen LogP contribution in [0.15, 0.2) is 54.7 Å². The van der Waals surface area contributed by atoms with E-state index in [1.807, 2.05) is 36.5 Å². The van der Waals surface area contributed by atoms with Crippen LogP contribution in [0.2, 0.25) is 0 Å². The summed E-state index contributed by atoms with van der Waals surface area (Å²) in [4.78, 5) is 15.2. The van der Waals surface area contributed by atoms with Crippen LogP contribution in [-0.2, 0) is 11.2 Å². The molecule has 0 unspecified atom stereocenters. The van der Waals surface area contributed by atoms with Gasteiger partial charge in [0.25, 0.3) is 5.91 Å². The van der Waals surface area contributed by atoms with Gasteiger partial charge in [-0.1, -0.05) is 30.3 Å². The van der Waals surface area contributed by atoms with Gasteiger partial charge in [-0.25, -0.2) is 0 Å². The topological polar surface area (TPSA) is 63.4 Å². The molecule has 1 aromatic heterocycles. The molecule has 0 saturated carbocycles. The molecule has 0 radical (unpaired) electrons. The number of rotatable bonds is 7. The zero-order chi connectivity index (χ0) is 16.8. The van der Waals surface area contributed by atoms with Gasteiger partial charge < -0.3 is 19.8 Å². The van der Waals surface area contributed by atoms with E-state index in [4.69, 9.17) is 9.47 Å². The summed E-state index contributed by atoms with van der Waals surface area (Å²) in [5, 5.41) is 4.07. The van der Waals surface area contributed by atoms with Gasteiger partial charge in [-0.15, -0.1) is 0 Å². The van der Waals surface area contributed by atoms with E-state index in [1.54, 1.807) is 19.2 Å². The Morgan fingerprint density at radius 1 is 1.08 bits per heavy atom. The first-order valence-corrected chi connectivity index (χ1v) is 7.85. The van der Waals surface area contributed by atoms with E-state index in [-0.39, 0.29) is 12.5 Å². The van der Waals surface area contributed by atoms with Crippen LogP contribution >= 0.6 is 0 Å². The molecule has 1 heterocycles. The molecule has 0 aliphatic carbocycles. The third kappa shape index (κ3) is 3.68. The fourth-order valence-corrected chi connectivity index (χ4v) is 2.61. The lowest BCUT2D eigenvalue weighted by Gasteiger charge is -2.10. The number of aromatic amines is 1. The second-order valence-corrected chi connectivity index (χ2v) is 5.40. The summed E-state index contributed by atoms with van der Waals surface area (Å²) in [5.41, 5.74) is 2.30. The molecule has 5 heteroatoms. The van der Waals surface area contributed by atoms with Crippen molar-refractivity contribution in [3.63, 3.8) is 0 Å². The number of carbonyl (C=O) groups excluding carboxylic acids is 1. The number of amides is 1. The van der Waals surface area contributed by atoms with Crippen LogP contribution in [0.5, 0.6) is 11.5 Å². The summed E-state index contributed by atoms with van der Waals surface area (Å²) in [6.07, 6.45) is 2.76. The molecule has 0 atom stereocenters. The lowest BCUT2D eigenvalue weighted by Crippen LogP contribution is -2.30. The van der Waals surface area contributed by atoms with Gasteiger partial charge in [0.05, 0.1) is 7.11 Å². The number of fused-ring (bicyclic) bond motifs is 1. The van der Waals surface area contributed by atoms with Gasteiger partial charge in [0.2, 0.25) is 0 Å². The predicted molar refractivity (Wildman–Crippen MR) is 93.5 cm³/mol. The Morgan fingerprint density at radius 3 is 2.67 bits per heavy atom. The van der Waals surface area contributed by atoms with Gasteiger partial charge in [0, 0.05) is 23.6 Å². The van der Waals surface area contributed by atoms with Crippen molar-refractivity contribution >= 4 is 16.8 Å². The molecule has 24 heavy (non-hydrogen) atoms. The minimum atomic E-state index is -0.152. The number of methoxy groups -OCH3 is 1. The minimum absolute atomic E-state index is 0.0335. The molecule has 3 rings (SSSR count). The van der Waals surface area contributed by atoms with E-state index in [9.17, 15) is 4.79 Å². The molecule has 0 spiro atoms. The number of H-pyrrole nitrogens is 1. The van der Waals surface area contributed by atoms with Crippen molar-refractivity contribution in [1.29, 1.82) is 0 Å². The molecule has 5 nitrogen and oxygen atoms in total. The Hall–Kier alpha value is -2.95. The number of hydrogen-bond donors (Lipinski definition) is 2. The third-order valence-electron chi connectivity index (χ3n) is 3.82. The summed E-state index contributed by atoms with van der Waals surface area (Å²) in [5.74, 6) is 1.02. The van der Waals surface area contributed by atoms with Crippen LogP contribution < -0.4 is 14.8 Å². The summed E-state index contributed by atoms with van der Waals surface area (Å²) in [6, 6.07) is 15.4. The second kappa shape index (κ2) is 7.55. The largest absolute Gasteiger partial charge is 0.493 e. The van der Waals surface area contributed by atoms with Crippen molar-refractivity contribution in [2.75, 3.05) is 20.3 Å². The Labute approximate surface area is 140 Å². The molecule has 0 fully saturated rings. The third-order valence-corrected chi connectivity index (χ3v) is 3.82. The first-order chi connectivity index (χ1) is 11.8. The molecule has 0 saturated heterocycles. The first-order valence-electron chi connectivity index (χ1n) is 7.85. The number of para-hydroxylation sites is 3. The quantitative estimate of drug-likeness (QED) is 0.702. The van der Waals surface area contributed by atoms with Crippen LogP contribution in [0.4, 0.5) is 0 Å². The highest BCUT2D eigenvalue weighted by Crippen LogP contribution is 2.25. The van der Waals surface area contributed by atoms with Crippen LogP contribution in [0, 0.1) is 0 Å². The van der Waals surface area contributed by atoms with E-state index in [0.717, 1.165) is 11.9 Å². The number of hydrogen-bond acceptors (Lipinski definition) is 3. The van der Waals surface area contributed by atoms with Gasteiger partial charge >= 0.3 is 0 Å². The maximum atomic E-state index is 11.9. The van der Waals surface area contributed by atoms with Crippen molar-refractivity contribution in [2.24, 2.45) is 0 Å². The molecule has 2 aromatic carbocycles. The smallest absolute Gasteiger partial charge is 0.257 e. The van der Waals surface area contributed by atoms with Crippen LogP contribution in [-0.4, -0.2) is 31.2 Å². The maximum absolute atomic E-state index is 11.9. The highest BCUT2D eigenvalue weighted by molar-refractivity contribution is 5.83. The molecule has 124 valence electrons. The lowest BCUT2D eigenvalue weighted by molar-refractivity contribution is -0.123. The fraction of sp³-hybridized carbons (Fsp3) is 0.211. The van der Waals surface area contributed by atoms with Crippen LogP contribution in [0.3, 0.4) is 0 Å². The van der Waals surface area contributed by atoms with Gasteiger partial charge in [-0.05, 0) is 30.2 Å². The molecule has 1 amide bonds. The zero-order valence-corrected chi connectivity index (χ0v) is 13.5. The Kier molecular flexibility index (Phi) is 5.01. The standard InChI is InChI=1S/C19H20N2O3/c1-23-17-8-4-5-9-18(17)24-13-19(22)20-11-10-14-12-21-16-7-3-2-6-15(14)16/h2-9,12,21H,10-11,13H2,1H3,(H,20,22). The predicted octanol–water partition coefficient (Wildman–Crippen LogP) is 2.91. The van der Waals surface area contributed by atoms with E-state index < -0.39 is 0 Å². The first kappa shape index (κ1) is 15.9. The number of aromatic nitrogens is 1. The van der Waals surface area contributed by atoms with Gasteiger partial charge in [0.15, 0.2) is 18.1 Å². The van der Waals surface area contributed by atoms with Gasteiger partial charge in [-0.3, -0.25) is 4.79 Å². The highest BCUT2D eigenvalue weighted by Gasteiger charge is 2.07. The van der Waals surface area contributed by atoms with Crippen molar-refractivity contribution in [1.82, 2.24) is 10.3 Å². The average Bonchev–Trinajstić information content (AvgIpc) is 3.03. The SMILES string of the molecule is COc1ccccc1OCC(=O)NCCc1c[nH]c2ccccc12. The summed E-state index contributed by atoms with van der Waals surface area (Å²) >= 11 is 0. The van der Waals surface area contributed by atoms with Crippen LogP contribution in [0.1, 0.15) is 5.56 Å². The summed E-state index contributed by atoms with van der Waals surface area (Å²) < 4.78 is 10.7. The number of ether oxygens (including phenoxy) is 2. The van der Waals surface area contributed by atoms with Gasteiger partial charge in [-0.2, -0.15) is 0 Å². The van der Waals surface area contributed by atoms with Crippen LogP contribution in [0.25, 0.3) is 10.9 Å². The van der Waals surface area contributed by atoms with Gasteiger partial charge in [0.1, 0.15) is 0 Å². The molecular formula is C19H20N2O3. The van der Waals surface area contributed by atoms with E-state index in [0.29, 0.717) is 18.0 Å². The molecule has 0 aliphatic heterocycles. The fourth-order valence-electron chi connectivity index (χ4n) is 2.61. The number of benzene rings is 2. The van der Waals surface area contributed by atoms with Crippen molar-refractivity contribution in [3.05, 3.63) is 60.3 Å². The average molecular weight is 324 g/mol. The monoisotopic (exact) mass is 324 g/mol. The van der Waals surface area contributed by atoms with E-state index >= 15 is 0 Å². The highest BCUT2D eigenvalue weighted by atomic mass is 16.5. The minimum Gasteiger partial charge on any atom is -0.493 e. The molecule has 2 N–H and O–H groups in total. The molecule has 0 aliphatic rings. The summed E-state index contributed by atoms with van der Waals surface area (Å²) in [7, 11) is 1.57. The molecular weight excluding hydrogens is 304 g/mol. The Balaban J connectivity index is 1.47. The lowest BCUT2D eigenvalue weighted by atomic mass is 10.1. The van der Waals surface area contributed by atoms with E-state index in [1.165, 1.54) is 10.9 Å². The Bertz CT molecular complexity index is 826. The molecule has 3 aromatic rings. The Morgan fingerprint density at radius 2 is 1.83 bits per heavy atom. The van der Waals surface area contributed by atoms with E-state index in [2.05, 4.69) is 16.4 Å². The normalized spacial score (nSPS) is 10.5.